The van der Waals surface area contributed by atoms with Crippen LogP contribution in [0.5, 0.6) is 17.4 Å². The average Bonchev–Trinajstić information content (AvgIpc) is 3.09. The molecule has 0 spiro atoms. The molecule has 0 aliphatic heterocycles. The molecule has 0 fully saturated rings. The molecule has 0 aliphatic rings. The van der Waals surface area contributed by atoms with Gasteiger partial charge in [0.1, 0.15) is 11.5 Å². The Kier molecular flexibility index (Phi) is 5.63. The SMILES string of the molecule is NS(=O)(=O)c1ccc(N=Nc2c(O)[nH]c3cccc(O/C=C/c4ccc(O)cc4)c23)cc1. The number of phenolic OH excluding ortho intramolecular Hbond substituents is 1. The highest BCUT2D eigenvalue weighted by molar-refractivity contribution is 7.89. The predicted molar refractivity (Wildman–Crippen MR) is 120 cm³/mol. The van der Waals surface area contributed by atoms with Gasteiger partial charge in [-0.05, 0) is 60.2 Å². The zero-order chi connectivity index (χ0) is 22.7. The number of benzene rings is 3. The third-order valence-electron chi connectivity index (χ3n) is 4.52. The average molecular weight is 450 g/mol. The molecule has 0 saturated carbocycles. The minimum absolute atomic E-state index is 0.0394. The molecular formula is C22H18N4O5S. The second-order valence-corrected chi connectivity index (χ2v) is 8.31. The van der Waals surface area contributed by atoms with Gasteiger partial charge in [-0.25, -0.2) is 13.6 Å². The van der Waals surface area contributed by atoms with Crippen molar-refractivity contribution in [3.63, 3.8) is 0 Å². The lowest BCUT2D eigenvalue weighted by atomic mass is 10.2. The first kappa shape index (κ1) is 21.1. The van der Waals surface area contributed by atoms with E-state index in [1.54, 1.807) is 48.5 Å². The van der Waals surface area contributed by atoms with E-state index in [1.165, 1.54) is 30.5 Å². The number of ether oxygens (including phenoxy) is 1. The monoisotopic (exact) mass is 450 g/mol. The van der Waals surface area contributed by atoms with Crippen molar-refractivity contribution in [1.82, 2.24) is 4.98 Å². The molecule has 5 N–H and O–H groups in total. The zero-order valence-electron chi connectivity index (χ0n) is 16.5. The Bertz CT molecular complexity index is 1420. The molecule has 0 aliphatic carbocycles. The molecule has 0 atom stereocenters. The Morgan fingerprint density at radius 3 is 2.34 bits per heavy atom. The number of nitrogens with one attached hydrogen (secondary N) is 1. The highest BCUT2D eigenvalue weighted by Gasteiger charge is 2.15. The van der Waals surface area contributed by atoms with Gasteiger partial charge in [0.25, 0.3) is 0 Å². The van der Waals surface area contributed by atoms with Crippen molar-refractivity contribution < 1.29 is 23.4 Å². The molecule has 162 valence electrons. The molecule has 4 rings (SSSR count). The number of azo groups is 1. The molecule has 10 heteroatoms. The predicted octanol–water partition coefficient (Wildman–Crippen LogP) is 4.69. The van der Waals surface area contributed by atoms with Crippen LogP contribution in [0.3, 0.4) is 0 Å². The fourth-order valence-electron chi connectivity index (χ4n) is 2.96. The third kappa shape index (κ3) is 4.61. The van der Waals surface area contributed by atoms with Crippen molar-refractivity contribution in [3.8, 4) is 17.4 Å². The number of nitrogens with zero attached hydrogens (tertiary/aromatic N) is 2. The van der Waals surface area contributed by atoms with Crippen LogP contribution in [0.1, 0.15) is 5.56 Å². The maximum absolute atomic E-state index is 11.4. The lowest BCUT2D eigenvalue weighted by molar-refractivity contribution is 0.459. The van der Waals surface area contributed by atoms with Gasteiger partial charge in [0.2, 0.25) is 15.9 Å². The van der Waals surface area contributed by atoms with Gasteiger partial charge < -0.3 is 19.9 Å². The van der Waals surface area contributed by atoms with Crippen molar-refractivity contribution in [2.24, 2.45) is 15.4 Å². The maximum Gasteiger partial charge on any atom is 0.238 e. The van der Waals surface area contributed by atoms with E-state index in [2.05, 4.69) is 15.2 Å². The lowest BCUT2D eigenvalue weighted by Crippen LogP contribution is -2.11. The third-order valence-corrected chi connectivity index (χ3v) is 5.45. The summed E-state index contributed by atoms with van der Waals surface area (Å²) in [6, 6.07) is 17.4. The van der Waals surface area contributed by atoms with E-state index in [9.17, 15) is 18.6 Å². The van der Waals surface area contributed by atoms with Gasteiger partial charge in [-0.3, -0.25) is 0 Å². The van der Waals surface area contributed by atoms with Gasteiger partial charge in [-0.1, -0.05) is 18.2 Å². The molecule has 0 unspecified atom stereocenters. The fourth-order valence-corrected chi connectivity index (χ4v) is 3.48. The molecule has 0 radical (unpaired) electrons. The molecule has 32 heavy (non-hydrogen) atoms. The molecule has 9 nitrogen and oxygen atoms in total. The summed E-state index contributed by atoms with van der Waals surface area (Å²) in [4.78, 5) is 2.78. The van der Waals surface area contributed by atoms with Gasteiger partial charge >= 0.3 is 0 Å². The van der Waals surface area contributed by atoms with Crippen LogP contribution in [0.25, 0.3) is 17.0 Å². The van der Waals surface area contributed by atoms with Gasteiger partial charge in [0.15, 0.2) is 5.69 Å². The molecule has 1 heterocycles. The summed E-state index contributed by atoms with van der Waals surface area (Å²) >= 11 is 0. The van der Waals surface area contributed by atoms with Gasteiger partial charge in [-0.15, -0.1) is 5.11 Å². The van der Waals surface area contributed by atoms with Crippen LogP contribution in [0.4, 0.5) is 11.4 Å². The molecule has 4 aromatic rings. The normalized spacial score (nSPS) is 12.2. The second-order valence-electron chi connectivity index (χ2n) is 6.75. The van der Waals surface area contributed by atoms with Gasteiger partial charge in [0, 0.05) is 0 Å². The number of fused-ring (bicyclic) bond motifs is 1. The van der Waals surface area contributed by atoms with Crippen molar-refractivity contribution in [1.29, 1.82) is 0 Å². The Hall–Kier alpha value is -4.15. The number of H-pyrrole nitrogens is 1. The first-order chi connectivity index (χ1) is 15.3. The summed E-state index contributed by atoms with van der Waals surface area (Å²) in [6.07, 6.45) is 3.21. The number of primary sulfonamides is 1. The smallest absolute Gasteiger partial charge is 0.238 e. The molecule has 3 aromatic carbocycles. The maximum atomic E-state index is 11.4. The fraction of sp³-hybridized carbons (Fsp3) is 0. The van der Waals surface area contributed by atoms with Crippen LogP contribution in [0.15, 0.2) is 88.1 Å². The van der Waals surface area contributed by atoms with E-state index in [0.29, 0.717) is 22.3 Å². The first-order valence-electron chi connectivity index (χ1n) is 9.32. The summed E-state index contributed by atoms with van der Waals surface area (Å²) in [7, 11) is -3.80. The quantitative estimate of drug-likeness (QED) is 0.248. The molecule has 0 bridgehead atoms. The van der Waals surface area contributed by atoms with Crippen molar-refractivity contribution in [3.05, 3.63) is 78.6 Å². The van der Waals surface area contributed by atoms with Gasteiger partial charge in [0.05, 0.1) is 27.7 Å². The number of aromatic nitrogens is 1. The zero-order valence-corrected chi connectivity index (χ0v) is 17.3. The summed E-state index contributed by atoms with van der Waals surface area (Å²) in [5.41, 5.74) is 1.97. The molecule has 0 saturated heterocycles. The van der Waals surface area contributed by atoms with E-state index in [4.69, 9.17) is 9.88 Å². The van der Waals surface area contributed by atoms with E-state index in [0.717, 1.165) is 5.56 Å². The summed E-state index contributed by atoms with van der Waals surface area (Å²) in [5.74, 6) is 0.418. The number of aromatic hydroxyl groups is 2. The van der Waals surface area contributed by atoms with Crippen molar-refractivity contribution in [2.45, 2.75) is 4.90 Å². The Morgan fingerprint density at radius 1 is 0.938 bits per heavy atom. The Labute approximate surface area is 183 Å². The highest BCUT2D eigenvalue weighted by atomic mass is 32.2. The Morgan fingerprint density at radius 2 is 1.66 bits per heavy atom. The summed E-state index contributed by atoms with van der Waals surface area (Å²) in [6.45, 7) is 0. The number of nitrogens with two attached hydrogens (primary N) is 1. The summed E-state index contributed by atoms with van der Waals surface area (Å²) in [5, 5.41) is 33.5. The minimum atomic E-state index is -3.80. The van der Waals surface area contributed by atoms with Crippen LogP contribution in [-0.4, -0.2) is 23.6 Å². The van der Waals surface area contributed by atoms with Crippen molar-refractivity contribution in [2.75, 3.05) is 0 Å². The first-order valence-corrected chi connectivity index (χ1v) is 10.9. The number of aromatic amines is 1. The molecular weight excluding hydrogens is 432 g/mol. The van der Waals surface area contributed by atoms with E-state index in [-0.39, 0.29) is 22.2 Å². The van der Waals surface area contributed by atoms with E-state index >= 15 is 0 Å². The Balaban J connectivity index is 1.63. The van der Waals surface area contributed by atoms with E-state index in [1.807, 2.05) is 0 Å². The molecule has 0 amide bonds. The highest BCUT2D eigenvalue weighted by Crippen LogP contribution is 2.41. The molecule has 1 aromatic heterocycles. The number of sulfonamides is 1. The largest absolute Gasteiger partial charge is 0.508 e. The van der Waals surface area contributed by atoms with Crippen LogP contribution >= 0.6 is 0 Å². The number of rotatable bonds is 6. The van der Waals surface area contributed by atoms with Crippen LogP contribution in [0, 0.1) is 0 Å². The van der Waals surface area contributed by atoms with Crippen LogP contribution < -0.4 is 9.88 Å². The minimum Gasteiger partial charge on any atom is -0.508 e. The second kappa shape index (κ2) is 8.53. The standard InChI is InChI=1S/C22H18N4O5S/c23-32(29,30)17-10-6-15(7-11-17)25-26-21-20-18(24-22(21)28)2-1-3-19(20)31-13-12-14-4-8-16(27)9-5-14/h1-13,24,27-28H,(H2,23,29,30)/b13-12+,26-25?. The number of hydrogen-bond donors (Lipinski definition) is 4. The van der Waals surface area contributed by atoms with E-state index < -0.39 is 10.0 Å². The lowest BCUT2D eigenvalue weighted by Gasteiger charge is -2.03. The summed E-state index contributed by atoms with van der Waals surface area (Å²) < 4.78 is 28.5. The number of hydrogen-bond acceptors (Lipinski definition) is 7. The van der Waals surface area contributed by atoms with Crippen molar-refractivity contribution >= 4 is 38.4 Å². The van der Waals surface area contributed by atoms with Crippen LogP contribution in [0.2, 0.25) is 0 Å². The van der Waals surface area contributed by atoms with Gasteiger partial charge in [-0.2, -0.15) is 5.11 Å². The van der Waals surface area contributed by atoms with Crippen LogP contribution in [-0.2, 0) is 10.0 Å². The number of phenols is 1. The topological polar surface area (TPSA) is 150 Å².